The van der Waals surface area contributed by atoms with Gasteiger partial charge in [0.25, 0.3) is 5.91 Å². The molecule has 102 valence electrons. The zero-order valence-corrected chi connectivity index (χ0v) is 10.7. The second-order valence-corrected chi connectivity index (χ2v) is 4.76. The van der Waals surface area contributed by atoms with Crippen LogP contribution >= 0.6 is 0 Å². The Morgan fingerprint density at radius 2 is 1.84 bits per heavy atom. The lowest BCUT2D eigenvalue weighted by Gasteiger charge is -2.21. The van der Waals surface area contributed by atoms with Gasteiger partial charge < -0.3 is 10.5 Å². The van der Waals surface area contributed by atoms with Crippen LogP contribution in [-0.2, 0) is 9.53 Å². The second-order valence-electron chi connectivity index (χ2n) is 4.76. The number of benzene rings is 1. The number of hydrogen-bond acceptors (Lipinski definition) is 4. The molecule has 5 nitrogen and oxygen atoms in total. The molecule has 1 aliphatic heterocycles. The molecule has 0 spiro atoms. The molecule has 5 heteroatoms. The van der Waals surface area contributed by atoms with Crippen molar-refractivity contribution in [2.24, 2.45) is 5.92 Å². The van der Waals surface area contributed by atoms with E-state index in [-0.39, 0.29) is 11.8 Å². The third-order valence-corrected chi connectivity index (χ3v) is 3.24. The lowest BCUT2D eigenvalue weighted by molar-refractivity contribution is -0.121. The van der Waals surface area contributed by atoms with Crippen LogP contribution in [0.25, 0.3) is 0 Å². The molecule has 1 aromatic rings. The maximum absolute atomic E-state index is 11.8. The van der Waals surface area contributed by atoms with Gasteiger partial charge in [-0.15, -0.1) is 0 Å². The highest BCUT2D eigenvalue weighted by atomic mass is 16.5. The van der Waals surface area contributed by atoms with Gasteiger partial charge in [-0.25, -0.2) is 0 Å². The number of rotatable bonds is 3. The fraction of sp³-hybridized carbons (Fsp3) is 0.429. The van der Waals surface area contributed by atoms with Crippen LogP contribution in [0.1, 0.15) is 29.6 Å². The summed E-state index contributed by atoms with van der Waals surface area (Å²) in [6, 6.07) is 6.48. The molecule has 0 aliphatic carbocycles. The highest BCUT2D eigenvalue weighted by Gasteiger charge is 2.19. The fourth-order valence-corrected chi connectivity index (χ4v) is 2.10. The molecule has 3 N–H and O–H groups in total. The van der Waals surface area contributed by atoms with E-state index in [1.165, 1.54) is 0 Å². The molecule has 1 heterocycles. The van der Waals surface area contributed by atoms with Gasteiger partial charge in [0, 0.05) is 30.9 Å². The fourth-order valence-electron chi connectivity index (χ4n) is 2.10. The van der Waals surface area contributed by atoms with Crippen LogP contribution < -0.4 is 11.1 Å². The number of anilines is 1. The maximum Gasteiger partial charge on any atom is 0.257 e. The molecule has 0 radical (unpaired) electrons. The second kappa shape index (κ2) is 6.33. The summed E-state index contributed by atoms with van der Waals surface area (Å²) < 4.78 is 5.23. The van der Waals surface area contributed by atoms with Gasteiger partial charge in [-0.05, 0) is 43.0 Å². The topological polar surface area (TPSA) is 81.4 Å². The van der Waals surface area contributed by atoms with Crippen LogP contribution in [-0.4, -0.2) is 25.0 Å². The molecule has 2 rings (SSSR count). The van der Waals surface area contributed by atoms with Crippen molar-refractivity contribution in [1.82, 2.24) is 5.32 Å². The van der Waals surface area contributed by atoms with E-state index in [1.54, 1.807) is 24.3 Å². The van der Waals surface area contributed by atoms with E-state index in [0.29, 0.717) is 36.8 Å². The number of carbonyl (C=O) groups is 2. The van der Waals surface area contributed by atoms with Gasteiger partial charge in [0.1, 0.15) is 0 Å². The first-order valence-corrected chi connectivity index (χ1v) is 6.42. The molecule has 0 bridgehead atoms. The first kappa shape index (κ1) is 13.5. The number of nitrogens with two attached hydrogens (primary N) is 1. The molecular weight excluding hydrogens is 244 g/mol. The summed E-state index contributed by atoms with van der Waals surface area (Å²) in [5, 5.41) is 2.40. The minimum absolute atomic E-state index is 0.228. The predicted octanol–water partition coefficient (Wildman–Crippen LogP) is 1.34. The Bertz CT molecular complexity index is 450. The molecule has 0 aromatic heterocycles. The van der Waals surface area contributed by atoms with Gasteiger partial charge in [0.2, 0.25) is 5.91 Å². The summed E-state index contributed by atoms with van der Waals surface area (Å²) in [4.78, 5) is 23.6. The normalized spacial score (nSPS) is 16.0. The third kappa shape index (κ3) is 4.06. The molecule has 1 saturated heterocycles. The van der Waals surface area contributed by atoms with Crippen molar-refractivity contribution in [3.05, 3.63) is 29.8 Å². The number of carbonyl (C=O) groups excluding carboxylic acids is 2. The monoisotopic (exact) mass is 262 g/mol. The molecule has 1 aliphatic rings. The Morgan fingerprint density at radius 3 is 2.47 bits per heavy atom. The zero-order valence-electron chi connectivity index (χ0n) is 10.7. The zero-order chi connectivity index (χ0) is 13.7. The standard InChI is InChI=1S/C14H18N2O3/c15-12-3-1-11(2-4-12)14(18)16-13(17)9-10-5-7-19-8-6-10/h1-4,10H,5-9,15H2,(H,16,17,18). The Kier molecular flexibility index (Phi) is 4.52. The van der Waals surface area contributed by atoms with Gasteiger partial charge >= 0.3 is 0 Å². The molecule has 0 saturated carbocycles. The Balaban J connectivity index is 1.84. The molecule has 0 unspecified atom stereocenters. The summed E-state index contributed by atoms with van der Waals surface area (Å²) in [6.45, 7) is 1.40. The Morgan fingerprint density at radius 1 is 1.21 bits per heavy atom. The molecular formula is C14H18N2O3. The summed E-state index contributed by atoms with van der Waals surface area (Å²) in [6.07, 6.45) is 2.14. The third-order valence-electron chi connectivity index (χ3n) is 3.24. The van der Waals surface area contributed by atoms with Crippen LogP contribution in [0, 0.1) is 5.92 Å². The van der Waals surface area contributed by atoms with Gasteiger partial charge in [0.05, 0.1) is 0 Å². The average molecular weight is 262 g/mol. The number of amides is 2. The maximum atomic E-state index is 11.8. The number of nitrogens with one attached hydrogen (secondary N) is 1. The van der Waals surface area contributed by atoms with Crippen LogP contribution in [0.5, 0.6) is 0 Å². The van der Waals surface area contributed by atoms with Gasteiger partial charge in [0.15, 0.2) is 0 Å². The predicted molar refractivity (Wildman–Crippen MR) is 71.5 cm³/mol. The van der Waals surface area contributed by atoms with Crippen molar-refractivity contribution in [3.63, 3.8) is 0 Å². The van der Waals surface area contributed by atoms with Crippen molar-refractivity contribution < 1.29 is 14.3 Å². The summed E-state index contributed by atoms with van der Waals surface area (Å²) in [7, 11) is 0. The van der Waals surface area contributed by atoms with E-state index in [1.807, 2.05) is 0 Å². The average Bonchev–Trinajstić information content (AvgIpc) is 2.40. The summed E-state index contributed by atoms with van der Waals surface area (Å²) >= 11 is 0. The lowest BCUT2D eigenvalue weighted by Crippen LogP contribution is -2.32. The minimum atomic E-state index is -0.378. The summed E-state index contributed by atoms with van der Waals surface area (Å²) in [5.41, 5.74) is 6.57. The van der Waals surface area contributed by atoms with Crippen LogP contribution in [0.15, 0.2) is 24.3 Å². The number of nitrogen functional groups attached to an aromatic ring is 1. The van der Waals surface area contributed by atoms with Crippen molar-refractivity contribution in [2.45, 2.75) is 19.3 Å². The van der Waals surface area contributed by atoms with E-state index in [9.17, 15) is 9.59 Å². The van der Waals surface area contributed by atoms with Gasteiger partial charge in [-0.3, -0.25) is 14.9 Å². The Hall–Kier alpha value is -1.88. The van der Waals surface area contributed by atoms with E-state index in [2.05, 4.69) is 5.32 Å². The first-order chi connectivity index (χ1) is 9.15. The van der Waals surface area contributed by atoms with Crippen molar-refractivity contribution in [1.29, 1.82) is 0 Å². The largest absolute Gasteiger partial charge is 0.399 e. The van der Waals surface area contributed by atoms with E-state index < -0.39 is 0 Å². The molecule has 1 aromatic carbocycles. The first-order valence-electron chi connectivity index (χ1n) is 6.42. The lowest BCUT2D eigenvalue weighted by atomic mass is 9.96. The van der Waals surface area contributed by atoms with E-state index in [4.69, 9.17) is 10.5 Å². The number of hydrogen-bond donors (Lipinski definition) is 2. The van der Waals surface area contributed by atoms with Crippen molar-refractivity contribution in [3.8, 4) is 0 Å². The smallest absolute Gasteiger partial charge is 0.257 e. The Labute approximate surface area is 112 Å². The number of ether oxygens (including phenoxy) is 1. The van der Waals surface area contributed by atoms with Gasteiger partial charge in [-0.1, -0.05) is 0 Å². The highest BCUT2D eigenvalue weighted by Crippen LogP contribution is 2.18. The highest BCUT2D eigenvalue weighted by molar-refractivity contribution is 6.04. The summed E-state index contributed by atoms with van der Waals surface area (Å²) in [5.74, 6) is -0.293. The van der Waals surface area contributed by atoms with E-state index >= 15 is 0 Å². The molecule has 1 fully saturated rings. The quantitative estimate of drug-likeness (QED) is 0.805. The van der Waals surface area contributed by atoms with E-state index in [0.717, 1.165) is 12.8 Å². The van der Waals surface area contributed by atoms with Gasteiger partial charge in [-0.2, -0.15) is 0 Å². The number of imide groups is 1. The van der Waals surface area contributed by atoms with Crippen LogP contribution in [0.4, 0.5) is 5.69 Å². The van der Waals surface area contributed by atoms with Crippen molar-refractivity contribution >= 4 is 17.5 Å². The SMILES string of the molecule is Nc1ccc(C(=O)NC(=O)CC2CCOCC2)cc1. The molecule has 0 atom stereocenters. The molecule has 19 heavy (non-hydrogen) atoms. The van der Waals surface area contributed by atoms with Crippen molar-refractivity contribution in [2.75, 3.05) is 18.9 Å². The molecule has 2 amide bonds. The van der Waals surface area contributed by atoms with Crippen LogP contribution in [0.3, 0.4) is 0 Å². The minimum Gasteiger partial charge on any atom is -0.399 e. The van der Waals surface area contributed by atoms with Crippen LogP contribution in [0.2, 0.25) is 0 Å².